The minimum atomic E-state index is 0.569. The number of ether oxygens (including phenoxy) is 1. The standard InChI is InChI=1S/C10H20O/c1-5-8(6-2)10-9(11-10)7(3)4/h7-10H,5-6H2,1-4H3. The van der Waals surface area contributed by atoms with E-state index in [2.05, 4.69) is 27.7 Å². The number of rotatable bonds is 4. The zero-order valence-corrected chi connectivity index (χ0v) is 8.13. The smallest absolute Gasteiger partial charge is 0.0872 e. The van der Waals surface area contributed by atoms with Gasteiger partial charge < -0.3 is 4.74 Å². The molecule has 0 bridgehead atoms. The maximum Gasteiger partial charge on any atom is 0.0872 e. The fourth-order valence-electron chi connectivity index (χ4n) is 1.81. The van der Waals surface area contributed by atoms with Crippen LogP contribution < -0.4 is 0 Å². The number of epoxide rings is 1. The van der Waals surface area contributed by atoms with Gasteiger partial charge in [-0.05, 0) is 11.8 Å². The monoisotopic (exact) mass is 156 g/mol. The molecule has 1 rings (SSSR count). The van der Waals surface area contributed by atoms with Crippen LogP contribution >= 0.6 is 0 Å². The molecule has 66 valence electrons. The lowest BCUT2D eigenvalue weighted by Crippen LogP contribution is -2.11. The van der Waals surface area contributed by atoms with Crippen molar-refractivity contribution in [3.63, 3.8) is 0 Å². The molecule has 1 saturated heterocycles. The van der Waals surface area contributed by atoms with E-state index in [1.807, 2.05) is 0 Å². The van der Waals surface area contributed by atoms with E-state index in [0.717, 1.165) is 5.92 Å². The van der Waals surface area contributed by atoms with E-state index < -0.39 is 0 Å². The second kappa shape index (κ2) is 3.57. The molecule has 2 atom stereocenters. The molecule has 1 heteroatoms. The summed E-state index contributed by atoms with van der Waals surface area (Å²) >= 11 is 0. The van der Waals surface area contributed by atoms with Gasteiger partial charge in [-0.3, -0.25) is 0 Å². The first-order valence-corrected chi connectivity index (χ1v) is 4.86. The van der Waals surface area contributed by atoms with Crippen molar-refractivity contribution in [2.75, 3.05) is 0 Å². The molecule has 11 heavy (non-hydrogen) atoms. The molecule has 1 heterocycles. The number of hydrogen-bond acceptors (Lipinski definition) is 1. The van der Waals surface area contributed by atoms with Crippen molar-refractivity contribution in [3.8, 4) is 0 Å². The van der Waals surface area contributed by atoms with Crippen LogP contribution in [0.15, 0.2) is 0 Å². The topological polar surface area (TPSA) is 12.5 Å². The third kappa shape index (κ3) is 1.96. The summed E-state index contributed by atoms with van der Waals surface area (Å²) < 4.78 is 5.62. The van der Waals surface area contributed by atoms with Gasteiger partial charge in [0, 0.05) is 0 Å². The average Bonchev–Trinajstić information content (AvgIpc) is 2.70. The molecule has 0 radical (unpaired) electrons. The fraction of sp³-hybridized carbons (Fsp3) is 1.00. The minimum absolute atomic E-state index is 0.569. The van der Waals surface area contributed by atoms with Crippen molar-refractivity contribution in [3.05, 3.63) is 0 Å². The van der Waals surface area contributed by atoms with Crippen molar-refractivity contribution in [2.24, 2.45) is 11.8 Å². The molecule has 0 N–H and O–H groups in total. The molecule has 0 aromatic rings. The van der Waals surface area contributed by atoms with Gasteiger partial charge in [0.1, 0.15) is 0 Å². The van der Waals surface area contributed by atoms with Crippen molar-refractivity contribution in [2.45, 2.75) is 52.7 Å². The lowest BCUT2D eigenvalue weighted by Gasteiger charge is -2.08. The molecule has 0 spiro atoms. The summed E-state index contributed by atoms with van der Waals surface area (Å²) in [5, 5.41) is 0. The molecule has 0 aliphatic carbocycles. The van der Waals surface area contributed by atoms with Crippen LogP contribution in [0.4, 0.5) is 0 Å². The Kier molecular flexibility index (Phi) is 2.94. The van der Waals surface area contributed by atoms with E-state index in [1.165, 1.54) is 12.8 Å². The zero-order valence-electron chi connectivity index (χ0n) is 8.13. The minimum Gasteiger partial charge on any atom is -0.369 e. The van der Waals surface area contributed by atoms with Crippen LogP contribution in [0.1, 0.15) is 40.5 Å². The summed E-state index contributed by atoms with van der Waals surface area (Å²) in [7, 11) is 0. The van der Waals surface area contributed by atoms with Crippen molar-refractivity contribution in [1.29, 1.82) is 0 Å². The molecule has 0 aromatic carbocycles. The first-order valence-electron chi connectivity index (χ1n) is 4.86. The third-order valence-corrected chi connectivity index (χ3v) is 2.73. The summed E-state index contributed by atoms with van der Waals surface area (Å²) in [6.45, 7) is 9.00. The third-order valence-electron chi connectivity index (χ3n) is 2.73. The van der Waals surface area contributed by atoms with Gasteiger partial charge >= 0.3 is 0 Å². The molecule has 1 fully saturated rings. The summed E-state index contributed by atoms with van der Waals surface area (Å²) in [6.07, 6.45) is 3.69. The molecule has 2 unspecified atom stereocenters. The summed E-state index contributed by atoms with van der Waals surface area (Å²) in [4.78, 5) is 0. The second-order valence-corrected chi connectivity index (χ2v) is 3.89. The van der Waals surface area contributed by atoms with Gasteiger partial charge in [-0.25, -0.2) is 0 Å². The zero-order chi connectivity index (χ0) is 8.43. The maximum atomic E-state index is 5.62. The normalized spacial score (nSPS) is 30.0. The van der Waals surface area contributed by atoms with E-state index in [-0.39, 0.29) is 0 Å². The summed E-state index contributed by atoms with van der Waals surface area (Å²) in [6, 6.07) is 0. The Labute approximate surface area is 70.1 Å². The Hall–Kier alpha value is -0.0400. The predicted octanol–water partition coefficient (Wildman–Crippen LogP) is 2.85. The van der Waals surface area contributed by atoms with Crippen molar-refractivity contribution in [1.82, 2.24) is 0 Å². The summed E-state index contributed by atoms with van der Waals surface area (Å²) in [5.74, 6) is 1.52. The average molecular weight is 156 g/mol. The predicted molar refractivity (Wildman–Crippen MR) is 47.6 cm³/mol. The van der Waals surface area contributed by atoms with E-state index in [9.17, 15) is 0 Å². The molecule has 1 nitrogen and oxygen atoms in total. The maximum absolute atomic E-state index is 5.62. The van der Waals surface area contributed by atoms with Gasteiger partial charge in [0.05, 0.1) is 12.2 Å². The lowest BCUT2D eigenvalue weighted by atomic mass is 9.94. The van der Waals surface area contributed by atoms with Crippen LogP contribution in [0, 0.1) is 11.8 Å². The Morgan fingerprint density at radius 2 is 1.64 bits per heavy atom. The van der Waals surface area contributed by atoms with E-state index in [4.69, 9.17) is 4.74 Å². The van der Waals surface area contributed by atoms with E-state index in [0.29, 0.717) is 18.1 Å². The van der Waals surface area contributed by atoms with E-state index in [1.54, 1.807) is 0 Å². The quantitative estimate of drug-likeness (QED) is 0.570. The second-order valence-electron chi connectivity index (χ2n) is 3.89. The van der Waals surface area contributed by atoms with Crippen LogP contribution in [0.2, 0.25) is 0 Å². The summed E-state index contributed by atoms with van der Waals surface area (Å²) in [5.41, 5.74) is 0. The molecule has 0 aromatic heterocycles. The first-order chi connectivity index (χ1) is 5.20. The molecular weight excluding hydrogens is 136 g/mol. The molecule has 0 saturated carbocycles. The molecule has 1 aliphatic rings. The lowest BCUT2D eigenvalue weighted by molar-refractivity contribution is 0.292. The SMILES string of the molecule is CCC(CC)C1OC1C(C)C. The van der Waals surface area contributed by atoms with Crippen molar-refractivity contribution >= 4 is 0 Å². The van der Waals surface area contributed by atoms with Crippen LogP contribution in [0.3, 0.4) is 0 Å². The van der Waals surface area contributed by atoms with Crippen LogP contribution in [0.5, 0.6) is 0 Å². The van der Waals surface area contributed by atoms with Crippen LogP contribution in [0.25, 0.3) is 0 Å². The highest BCUT2D eigenvalue weighted by atomic mass is 16.6. The first kappa shape index (κ1) is 9.05. The molecule has 1 aliphatic heterocycles. The van der Waals surface area contributed by atoms with Crippen molar-refractivity contribution < 1.29 is 4.74 Å². The Morgan fingerprint density at radius 3 is 1.91 bits per heavy atom. The van der Waals surface area contributed by atoms with Gasteiger partial charge in [0.25, 0.3) is 0 Å². The molecule has 0 amide bonds. The molecular formula is C10H20O. The van der Waals surface area contributed by atoms with E-state index >= 15 is 0 Å². The van der Waals surface area contributed by atoms with Gasteiger partial charge in [0.2, 0.25) is 0 Å². The van der Waals surface area contributed by atoms with Gasteiger partial charge in [0.15, 0.2) is 0 Å². The highest BCUT2D eigenvalue weighted by molar-refractivity contribution is 4.91. The Morgan fingerprint density at radius 1 is 1.09 bits per heavy atom. The van der Waals surface area contributed by atoms with Gasteiger partial charge in [-0.1, -0.05) is 40.5 Å². The fourth-order valence-corrected chi connectivity index (χ4v) is 1.81. The highest BCUT2D eigenvalue weighted by Crippen LogP contribution is 2.37. The van der Waals surface area contributed by atoms with Gasteiger partial charge in [-0.2, -0.15) is 0 Å². The largest absolute Gasteiger partial charge is 0.369 e. The highest BCUT2D eigenvalue weighted by Gasteiger charge is 2.44. The number of hydrogen-bond donors (Lipinski definition) is 0. The Bertz CT molecular complexity index is 116. The van der Waals surface area contributed by atoms with Gasteiger partial charge in [-0.15, -0.1) is 0 Å². The van der Waals surface area contributed by atoms with Crippen LogP contribution in [-0.4, -0.2) is 12.2 Å². The Balaban J connectivity index is 2.29. The van der Waals surface area contributed by atoms with Crippen LogP contribution in [-0.2, 0) is 4.74 Å².